The van der Waals surface area contributed by atoms with Crippen molar-refractivity contribution in [2.75, 3.05) is 23.0 Å². The number of nitrogens with one attached hydrogen (secondary N) is 1. The molecule has 36 heavy (non-hydrogen) atoms. The van der Waals surface area contributed by atoms with E-state index in [0.717, 1.165) is 22.0 Å². The maximum atomic E-state index is 14.0. The van der Waals surface area contributed by atoms with Crippen LogP contribution in [0.2, 0.25) is 0 Å². The van der Waals surface area contributed by atoms with Gasteiger partial charge in [-0.15, -0.1) is 11.8 Å². The molecule has 0 radical (unpaired) electrons. The van der Waals surface area contributed by atoms with Gasteiger partial charge in [0.1, 0.15) is 18.3 Å². The quantitative estimate of drug-likeness (QED) is 0.321. The molecule has 8 heteroatoms. The second-order valence-corrected chi connectivity index (χ2v) is 9.73. The number of carbonyl (C=O) groups excluding carboxylic acids is 2. The molecule has 184 valence electrons. The molecule has 1 N–H and O–H groups in total. The maximum absolute atomic E-state index is 14.0. The van der Waals surface area contributed by atoms with Crippen LogP contribution in [0.25, 0.3) is 5.69 Å². The van der Waals surface area contributed by atoms with Crippen LogP contribution in [0.15, 0.2) is 94.6 Å². The van der Waals surface area contributed by atoms with Gasteiger partial charge >= 0.3 is 6.03 Å². The molecule has 0 fully saturated rings. The van der Waals surface area contributed by atoms with E-state index in [0.29, 0.717) is 11.4 Å². The van der Waals surface area contributed by atoms with Crippen LogP contribution in [0.5, 0.6) is 0 Å². The molecule has 2 aromatic carbocycles. The Kier molecular flexibility index (Phi) is 6.61. The monoisotopic (exact) mass is 500 g/mol. The summed E-state index contributed by atoms with van der Waals surface area (Å²) in [5, 5.41) is 2.94. The summed E-state index contributed by atoms with van der Waals surface area (Å²) in [6, 6.07) is 22.1. The van der Waals surface area contributed by atoms with Crippen LogP contribution in [0.3, 0.4) is 0 Å². The summed E-state index contributed by atoms with van der Waals surface area (Å²) in [4.78, 5) is 31.7. The molecule has 3 amide bonds. The number of rotatable bonds is 6. The van der Waals surface area contributed by atoms with Crippen LogP contribution < -0.4 is 10.2 Å². The Morgan fingerprint density at radius 2 is 1.75 bits per heavy atom. The molecule has 7 nitrogen and oxygen atoms in total. The number of aromatic nitrogens is 1. The van der Waals surface area contributed by atoms with Crippen LogP contribution in [-0.2, 0) is 4.79 Å². The molecule has 2 aromatic heterocycles. The molecular weight excluding hydrogens is 472 g/mol. The van der Waals surface area contributed by atoms with Gasteiger partial charge in [0.15, 0.2) is 0 Å². The lowest BCUT2D eigenvalue weighted by molar-refractivity contribution is -0.120. The fraction of sp³-hybridized carbons (Fsp3) is 0.214. The van der Waals surface area contributed by atoms with E-state index in [1.807, 2.05) is 99.1 Å². The van der Waals surface area contributed by atoms with Gasteiger partial charge in [-0.05, 0) is 80.8 Å². The maximum Gasteiger partial charge on any atom is 0.322 e. The molecule has 0 bridgehead atoms. The number of furan rings is 1. The van der Waals surface area contributed by atoms with Gasteiger partial charge in [0.2, 0.25) is 5.91 Å². The number of para-hydroxylation sites is 2. The van der Waals surface area contributed by atoms with Crippen molar-refractivity contribution in [3.05, 3.63) is 96.7 Å². The number of anilines is 2. The third-order valence-corrected chi connectivity index (χ3v) is 7.08. The summed E-state index contributed by atoms with van der Waals surface area (Å²) < 4.78 is 7.87. The lowest BCUT2D eigenvalue weighted by Gasteiger charge is -2.38. The third-order valence-electron chi connectivity index (χ3n) is 6.33. The smallest absolute Gasteiger partial charge is 0.322 e. The lowest BCUT2D eigenvalue weighted by atomic mass is 10.0. The van der Waals surface area contributed by atoms with Gasteiger partial charge in [0.25, 0.3) is 0 Å². The minimum Gasteiger partial charge on any atom is -0.467 e. The first kappa shape index (κ1) is 23.8. The second-order valence-electron chi connectivity index (χ2n) is 8.85. The molecule has 4 aromatic rings. The molecular formula is C28H28N4O3S. The number of carbonyl (C=O) groups is 2. The van der Waals surface area contributed by atoms with Crippen molar-refractivity contribution in [2.45, 2.75) is 30.8 Å². The average molecular weight is 501 g/mol. The predicted octanol–water partition coefficient (Wildman–Crippen LogP) is 6.17. The Morgan fingerprint density at radius 3 is 2.42 bits per heavy atom. The van der Waals surface area contributed by atoms with Crippen molar-refractivity contribution >= 4 is 35.1 Å². The molecule has 0 saturated carbocycles. The molecule has 3 heterocycles. The van der Waals surface area contributed by atoms with Crippen molar-refractivity contribution in [1.82, 2.24) is 9.47 Å². The van der Waals surface area contributed by atoms with Crippen LogP contribution in [0.4, 0.5) is 16.2 Å². The van der Waals surface area contributed by atoms with E-state index in [1.54, 1.807) is 27.8 Å². The number of hydrogen-bond acceptors (Lipinski definition) is 4. The first-order valence-corrected chi connectivity index (χ1v) is 13.0. The zero-order chi connectivity index (χ0) is 25.2. The molecule has 0 spiro atoms. The fourth-order valence-corrected chi connectivity index (χ4v) is 4.97. The normalized spacial score (nSPS) is 14.3. The first-order valence-electron chi connectivity index (χ1n) is 11.8. The molecule has 1 aliphatic rings. The van der Waals surface area contributed by atoms with E-state index < -0.39 is 6.04 Å². The minimum absolute atomic E-state index is 0.0847. The summed E-state index contributed by atoms with van der Waals surface area (Å²) in [5.41, 5.74) is 3.28. The summed E-state index contributed by atoms with van der Waals surface area (Å²) in [6.07, 6.45) is 5.61. The summed E-state index contributed by atoms with van der Waals surface area (Å²) in [7, 11) is 0. The molecule has 1 atom stereocenters. The number of fused-ring (bicyclic) bond motifs is 3. The standard InChI is InChI=1S/C28H28N4O3S/c1-19(2)31(28(34)29-20-12-14-21(36-3)15-13-20)18-26(33)32-23-9-5-4-8-22(23)30-16-6-10-24(30)27(32)25-11-7-17-35-25/h4-17,19,27H,18H2,1-3H3,(H,29,34). The zero-order valence-corrected chi connectivity index (χ0v) is 21.2. The highest BCUT2D eigenvalue weighted by Gasteiger charge is 2.38. The number of thioether (sulfide) groups is 1. The number of benzene rings is 2. The van der Waals surface area contributed by atoms with Crippen LogP contribution in [0.1, 0.15) is 31.3 Å². The Morgan fingerprint density at radius 1 is 1.00 bits per heavy atom. The van der Waals surface area contributed by atoms with Crippen molar-refractivity contribution in [3.8, 4) is 5.69 Å². The molecule has 1 aliphatic heterocycles. The Balaban J connectivity index is 1.46. The fourth-order valence-electron chi connectivity index (χ4n) is 4.56. The first-order chi connectivity index (χ1) is 17.5. The molecule has 0 saturated heterocycles. The van der Waals surface area contributed by atoms with E-state index >= 15 is 0 Å². The van der Waals surface area contributed by atoms with Gasteiger partial charge in [-0.2, -0.15) is 0 Å². The van der Waals surface area contributed by atoms with E-state index in [-0.39, 0.29) is 24.5 Å². The van der Waals surface area contributed by atoms with Gasteiger partial charge in [0, 0.05) is 22.8 Å². The van der Waals surface area contributed by atoms with E-state index in [4.69, 9.17) is 4.42 Å². The van der Waals surface area contributed by atoms with Crippen LogP contribution in [0, 0.1) is 0 Å². The zero-order valence-electron chi connectivity index (χ0n) is 20.4. The summed E-state index contributed by atoms with van der Waals surface area (Å²) >= 11 is 1.64. The predicted molar refractivity (Wildman–Crippen MR) is 143 cm³/mol. The van der Waals surface area contributed by atoms with Crippen molar-refractivity contribution < 1.29 is 14.0 Å². The molecule has 0 aliphatic carbocycles. The number of nitrogens with zero attached hydrogens (tertiary/aromatic N) is 3. The highest BCUT2D eigenvalue weighted by atomic mass is 32.2. The van der Waals surface area contributed by atoms with Gasteiger partial charge in [-0.3, -0.25) is 9.69 Å². The van der Waals surface area contributed by atoms with E-state index in [9.17, 15) is 9.59 Å². The Bertz CT molecular complexity index is 1360. The van der Waals surface area contributed by atoms with Crippen LogP contribution >= 0.6 is 11.8 Å². The van der Waals surface area contributed by atoms with Crippen molar-refractivity contribution in [1.29, 1.82) is 0 Å². The molecule has 1 unspecified atom stereocenters. The Hall–Kier alpha value is -3.91. The average Bonchev–Trinajstić information content (AvgIpc) is 3.59. The SMILES string of the molecule is CSc1ccc(NC(=O)N(CC(=O)N2c3ccccc3-n3cccc3C2c2ccco2)C(C)C)cc1. The summed E-state index contributed by atoms with van der Waals surface area (Å²) in [6.45, 7) is 3.73. The second kappa shape index (κ2) is 9.99. The number of hydrogen-bond donors (Lipinski definition) is 1. The van der Waals surface area contributed by atoms with Gasteiger partial charge in [0.05, 0.1) is 23.3 Å². The highest BCUT2D eigenvalue weighted by Crippen LogP contribution is 2.42. The third kappa shape index (κ3) is 4.40. The highest BCUT2D eigenvalue weighted by molar-refractivity contribution is 7.98. The summed E-state index contributed by atoms with van der Waals surface area (Å²) in [5.74, 6) is 0.463. The minimum atomic E-state index is -0.450. The molecule has 5 rings (SSSR count). The van der Waals surface area contributed by atoms with Crippen LogP contribution in [-0.4, -0.2) is 40.2 Å². The van der Waals surface area contributed by atoms with Gasteiger partial charge < -0.3 is 19.2 Å². The Labute approximate surface area is 214 Å². The lowest BCUT2D eigenvalue weighted by Crippen LogP contribution is -2.49. The van der Waals surface area contributed by atoms with Gasteiger partial charge in [-0.25, -0.2) is 4.79 Å². The largest absolute Gasteiger partial charge is 0.467 e. The van der Waals surface area contributed by atoms with E-state index in [2.05, 4.69) is 9.88 Å². The van der Waals surface area contributed by atoms with Crippen molar-refractivity contribution in [3.63, 3.8) is 0 Å². The van der Waals surface area contributed by atoms with Crippen molar-refractivity contribution in [2.24, 2.45) is 0 Å². The van der Waals surface area contributed by atoms with Gasteiger partial charge in [-0.1, -0.05) is 12.1 Å². The van der Waals surface area contributed by atoms with E-state index in [1.165, 1.54) is 0 Å². The number of urea groups is 1. The topological polar surface area (TPSA) is 70.7 Å². The number of amides is 3.